The van der Waals surface area contributed by atoms with Crippen LogP contribution in [0.3, 0.4) is 0 Å². The van der Waals surface area contributed by atoms with E-state index in [1.165, 1.54) is 11.3 Å². The quantitative estimate of drug-likeness (QED) is 0.625. The number of carbonyl (C=O) groups excluding carboxylic acids is 1. The molecule has 0 bridgehead atoms. The van der Waals surface area contributed by atoms with Crippen molar-refractivity contribution in [1.29, 1.82) is 0 Å². The van der Waals surface area contributed by atoms with Gasteiger partial charge in [-0.2, -0.15) is 0 Å². The highest BCUT2D eigenvalue weighted by molar-refractivity contribution is 7.08. The maximum Gasteiger partial charge on any atom is 0.154 e. The van der Waals surface area contributed by atoms with Crippen molar-refractivity contribution in [2.45, 2.75) is 6.92 Å². The molecule has 0 amide bonds. The number of ether oxygens (including phenoxy) is 1. The van der Waals surface area contributed by atoms with E-state index in [0.717, 1.165) is 6.29 Å². The molecular weight excluding hydrogens is 148 g/mol. The van der Waals surface area contributed by atoms with E-state index in [4.69, 9.17) is 4.74 Å². The third-order valence-electron chi connectivity index (χ3n) is 1.08. The van der Waals surface area contributed by atoms with Crippen molar-refractivity contribution in [2.24, 2.45) is 0 Å². The first kappa shape index (κ1) is 7.28. The van der Waals surface area contributed by atoms with Crippen LogP contribution in [0.5, 0.6) is 5.75 Å². The van der Waals surface area contributed by atoms with E-state index < -0.39 is 0 Å². The lowest BCUT2D eigenvalue weighted by atomic mass is 10.3. The number of hydrogen-bond donors (Lipinski definition) is 0. The highest BCUT2D eigenvalue weighted by Crippen LogP contribution is 2.20. The van der Waals surface area contributed by atoms with Gasteiger partial charge in [0, 0.05) is 10.8 Å². The molecule has 3 heteroatoms. The van der Waals surface area contributed by atoms with E-state index in [9.17, 15) is 4.79 Å². The molecule has 1 aromatic heterocycles. The van der Waals surface area contributed by atoms with Gasteiger partial charge in [0.25, 0.3) is 0 Å². The minimum absolute atomic E-state index is 0.609. The molecule has 0 aliphatic rings. The summed E-state index contributed by atoms with van der Waals surface area (Å²) in [6.07, 6.45) is 0.807. The molecule has 0 aromatic carbocycles. The van der Waals surface area contributed by atoms with Crippen LogP contribution in [0, 0.1) is 0 Å². The zero-order chi connectivity index (χ0) is 7.40. The largest absolute Gasteiger partial charge is 0.492 e. The molecule has 54 valence electrons. The van der Waals surface area contributed by atoms with Crippen LogP contribution in [0.2, 0.25) is 0 Å². The first-order valence-electron chi connectivity index (χ1n) is 3.02. The molecule has 1 aromatic rings. The summed E-state index contributed by atoms with van der Waals surface area (Å²) in [5.41, 5.74) is 0.645. The third-order valence-corrected chi connectivity index (χ3v) is 1.82. The molecule has 0 aliphatic heterocycles. The average Bonchev–Trinajstić information content (AvgIpc) is 2.36. The summed E-state index contributed by atoms with van der Waals surface area (Å²) in [6, 6.07) is 0. The number of carbonyl (C=O) groups is 1. The number of aldehydes is 1. The molecule has 0 N–H and O–H groups in total. The van der Waals surface area contributed by atoms with Gasteiger partial charge >= 0.3 is 0 Å². The zero-order valence-electron chi connectivity index (χ0n) is 5.66. The standard InChI is InChI=1S/C7H8O2S/c1-2-9-7-5-10-4-6(7)3-8/h3-5H,2H2,1H3. The lowest BCUT2D eigenvalue weighted by Gasteiger charge is -1.97. The zero-order valence-corrected chi connectivity index (χ0v) is 6.48. The van der Waals surface area contributed by atoms with Crippen molar-refractivity contribution in [3.8, 4) is 5.75 Å². The summed E-state index contributed by atoms with van der Waals surface area (Å²) in [5, 5.41) is 3.60. The van der Waals surface area contributed by atoms with Gasteiger partial charge in [-0.05, 0) is 6.92 Å². The Morgan fingerprint density at radius 2 is 2.50 bits per heavy atom. The smallest absolute Gasteiger partial charge is 0.154 e. The van der Waals surface area contributed by atoms with Crippen molar-refractivity contribution < 1.29 is 9.53 Å². The molecule has 0 atom stereocenters. The van der Waals surface area contributed by atoms with Gasteiger partial charge < -0.3 is 4.74 Å². The van der Waals surface area contributed by atoms with Crippen LogP contribution in [-0.4, -0.2) is 12.9 Å². The lowest BCUT2D eigenvalue weighted by molar-refractivity contribution is 0.112. The van der Waals surface area contributed by atoms with E-state index in [1.54, 1.807) is 5.38 Å². The maximum atomic E-state index is 10.3. The fourth-order valence-corrected chi connectivity index (χ4v) is 1.37. The van der Waals surface area contributed by atoms with Crippen molar-refractivity contribution in [1.82, 2.24) is 0 Å². The molecule has 0 saturated heterocycles. The molecule has 0 aliphatic carbocycles. The summed E-state index contributed by atoms with van der Waals surface area (Å²) in [5.74, 6) is 0.697. The number of thiophene rings is 1. The molecule has 0 unspecified atom stereocenters. The van der Waals surface area contributed by atoms with Gasteiger partial charge in [0.2, 0.25) is 0 Å². The van der Waals surface area contributed by atoms with Crippen LogP contribution in [0.4, 0.5) is 0 Å². The molecule has 2 nitrogen and oxygen atoms in total. The van der Waals surface area contributed by atoms with E-state index in [-0.39, 0.29) is 0 Å². The van der Waals surface area contributed by atoms with E-state index in [2.05, 4.69) is 0 Å². The van der Waals surface area contributed by atoms with Crippen LogP contribution in [0.25, 0.3) is 0 Å². The van der Waals surface area contributed by atoms with Crippen LogP contribution in [-0.2, 0) is 0 Å². The first-order valence-corrected chi connectivity index (χ1v) is 3.97. The molecule has 1 heterocycles. The predicted molar refractivity (Wildman–Crippen MR) is 40.9 cm³/mol. The monoisotopic (exact) mass is 156 g/mol. The summed E-state index contributed by atoms with van der Waals surface area (Å²) >= 11 is 1.47. The van der Waals surface area contributed by atoms with Gasteiger partial charge in [-0.3, -0.25) is 4.79 Å². The molecule has 0 spiro atoms. The van der Waals surface area contributed by atoms with Crippen molar-refractivity contribution in [2.75, 3.05) is 6.61 Å². The molecule has 0 radical (unpaired) electrons. The Morgan fingerprint density at radius 1 is 1.70 bits per heavy atom. The Hall–Kier alpha value is -0.830. The van der Waals surface area contributed by atoms with E-state index in [1.807, 2.05) is 12.3 Å². The Kier molecular flexibility index (Phi) is 2.45. The fourth-order valence-electron chi connectivity index (χ4n) is 0.654. The Balaban J connectivity index is 2.79. The summed E-state index contributed by atoms with van der Waals surface area (Å²) < 4.78 is 5.15. The Labute approximate surface area is 63.4 Å². The van der Waals surface area contributed by atoms with Gasteiger partial charge in [0.15, 0.2) is 6.29 Å². The molecule has 0 saturated carbocycles. The maximum absolute atomic E-state index is 10.3. The van der Waals surface area contributed by atoms with Gasteiger partial charge in [-0.15, -0.1) is 11.3 Å². The van der Waals surface area contributed by atoms with Crippen LogP contribution in [0.1, 0.15) is 17.3 Å². The van der Waals surface area contributed by atoms with E-state index in [0.29, 0.717) is 17.9 Å². The Morgan fingerprint density at radius 3 is 3.10 bits per heavy atom. The molecular formula is C7H8O2S. The third kappa shape index (κ3) is 1.36. The predicted octanol–water partition coefficient (Wildman–Crippen LogP) is 1.96. The average molecular weight is 156 g/mol. The normalized spacial score (nSPS) is 9.30. The summed E-state index contributed by atoms with van der Waals surface area (Å²) in [7, 11) is 0. The Bertz CT molecular complexity index is 217. The second-order valence-corrected chi connectivity index (χ2v) is 2.49. The van der Waals surface area contributed by atoms with Crippen molar-refractivity contribution >= 4 is 17.6 Å². The second-order valence-electron chi connectivity index (χ2n) is 1.74. The van der Waals surface area contributed by atoms with Gasteiger partial charge in [0.05, 0.1) is 12.2 Å². The van der Waals surface area contributed by atoms with Crippen molar-refractivity contribution in [3.05, 3.63) is 16.3 Å². The second kappa shape index (κ2) is 3.37. The van der Waals surface area contributed by atoms with Crippen LogP contribution in [0.15, 0.2) is 10.8 Å². The van der Waals surface area contributed by atoms with Crippen LogP contribution < -0.4 is 4.74 Å². The minimum Gasteiger partial charge on any atom is -0.492 e. The topological polar surface area (TPSA) is 26.3 Å². The lowest BCUT2D eigenvalue weighted by Crippen LogP contribution is -1.91. The van der Waals surface area contributed by atoms with Crippen LogP contribution >= 0.6 is 11.3 Å². The van der Waals surface area contributed by atoms with Gasteiger partial charge in [-0.1, -0.05) is 0 Å². The minimum atomic E-state index is 0.609. The highest BCUT2D eigenvalue weighted by Gasteiger charge is 2.00. The van der Waals surface area contributed by atoms with Gasteiger partial charge in [0.1, 0.15) is 5.75 Å². The van der Waals surface area contributed by atoms with E-state index >= 15 is 0 Å². The van der Waals surface area contributed by atoms with Gasteiger partial charge in [-0.25, -0.2) is 0 Å². The number of rotatable bonds is 3. The molecule has 0 fully saturated rings. The number of hydrogen-bond acceptors (Lipinski definition) is 3. The molecule has 10 heavy (non-hydrogen) atoms. The highest BCUT2D eigenvalue weighted by atomic mass is 32.1. The van der Waals surface area contributed by atoms with Crippen molar-refractivity contribution in [3.63, 3.8) is 0 Å². The SMILES string of the molecule is CCOc1cscc1C=O. The summed E-state index contributed by atoms with van der Waals surface area (Å²) in [6.45, 7) is 2.50. The fraction of sp³-hybridized carbons (Fsp3) is 0.286. The molecule has 1 rings (SSSR count). The summed E-state index contributed by atoms with van der Waals surface area (Å²) in [4.78, 5) is 10.3. The first-order chi connectivity index (χ1) is 4.88.